The fourth-order valence-electron chi connectivity index (χ4n) is 1.62. The summed E-state index contributed by atoms with van der Waals surface area (Å²) in [7, 11) is 0. The highest BCUT2D eigenvalue weighted by Gasteiger charge is 2.06. The minimum Gasteiger partial charge on any atom is -0.439 e. The van der Waals surface area contributed by atoms with E-state index in [9.17, 15) is 0 Å². The van der Waals surface area contributed by atoms with E-state index in [-0.39, 0.29) is 0 Å². The topological polar surface area (TPSA) is 34.1 Å². The lowest BCUT2D eigenvalue weighted by Crippen LogP contribution is -2.22. The van der Waals surface area contributed by atoms with Gasteiger partial charge in [-0.2, -0.15) is 0 Å². The summed E-state index contributed by atoms with van der Waals surface area (Å²) in [6, 6.07) is 9.89. The van der Waals surface area contributed by atoms with Gasteiger partial charge < -0.3 is 10.1 Å². The second-order valence-electron chi connectivity index (χ2n) is 4.71. The summed E-state index contributed by atoms with van der Waals surface area (Å²) in [5.74, 6) is 1.27. The van der Waals surface area contributed by atoms with Crippen molar-refractivity contribution in [2.75, 3.05) is 0 Å². The molecule has 0 unspecified atom stereocenters. The van der Waals surface area contributed by atoms with Crippen LogP contribution in [0.2, 0.25) is 5.02 Å². The predicted molar refractivity (Wildman–Crippen MR) is 85.4 cm³/mol. The van der Waals surface area contributed by atoms with Gasteiger partial charge in [0.2, 0.25) is 5.88 Å². The molecule has 0 aliphatic carbocycles. The van der Waals surface area contributed by atoms with Gasteiger partial charge in [0.25, 0.3) is 0 Å². The fourth-order valence-corrected chi connectivity index (χ4v) is 2.16. The lowest BCUT2D eigenvalue weighted by atomic mass is 10.2. The molecular formula is C15H16BrClN2O. The number of hydrogen-bond donors (Lipinski definition) is 1. The van der Waals surface area contributed by atoms with Crippen molar-refractivity contribution >= 4 is 27.5 Å². The molecule has 3 nitrogen and oxygen atoms in total. The van der Waals surface area contributed by atoms with Crippen molar-refractivity contribution in [2.24, 2.45) is 0 Å². The number of rotatable bonds is 5. The number of nitrogens with one attached hydrogen (secondary N) is 1. The highest BCUT2D eigenvalue weighted by Crippen LogP contribution is 2.25. The van der Waals surface area contributed by atoms with Crippen molar-refractivity contribution in [1.82, 2.24) is 10.3 Å². The van der Waals surface area contributed by atoms with Gasteiger partial charge in [0.15, 0.2) is 0 Å². The first-order valence-corrected chi connectivity index (χ1v) is 7.53. The zero-order valence-corrected chi connectivity index (χ0v) is 13.7. The minimum atomic E-state index is 0.397. The molecule has 1 aromatic carbocycles. The number of benzene rings is 1. The summed E-state index contributed by atoms with van der Waals surface area (Å²) >= 11 is 9.55. The van der Waals surface area contributed by atoms with Crippen LogP contribution in [0.3, 0.4) is 0 Å². The van der Waals surface area contributed by atoms with Crippen LogP contribution < -0.4 is 10.1 Å². The lowest BCUT2D eigenvalue weighted by molar-refractivity contribution is 0.461. The number of ether oxygens (including phenoxy) is 1. The Hall–Kier alpha value is -1.10. The van der Waals surface area contributed by atoms with E-state index >= 15 is 0 Å². The Balaban J connectivity index is 2.14. The number of halogens is 2. The summed E-state index contributed by atoms with van der Waals surface area (Å²) in [4.78, 5) is 4.19. The molecule has 1 aromatic heterocycles. The van der Waals surface area contributed by atoms with E-state index in [0.717, 1.165) is 15.8 Å². The smallest absolute Gasteiger partial charge is 0.219 e. The molecule has 2 aromatic rings. The first-order valence-electron chi connectivity index (χ1n) is 6.36. The summed E-state index contributed by atoms with van der Waals surface area (Å²) in [6.45, 7) is 4.87. The average molecular weight is 356 g/mol. The van der Waals surface area contributed by atoms with Crippen molar-refractivity contribution in [3.8, 4) is 11.6 Å². The van der Waals surface area contributed by atoms with E-state index in [2.05, 4.69) is 40.1 Å². The van der Waals surface area contributed by atoms with Crippen molar-refractivity contribution in [3.05, 3.63) is 51.6 Å². The second-order valence-corrected chi connectivity index (χ2v) is 6.03. The molecule has 106 valence electrons. The third kappa shape index (κ3) is 4.47. The average Bonchev–Trinajstić information content (AvgIpc) is 2.39. The molecule has 0 bridgehead atoms. The van der Waals surface area contributed by atoms with Crippen LogP contribution in [0, 0.1) is 0 Å². The maximum absolute atomic E-state index is 6.14. The van der Waals surface area contributed by atoms with E-state index < -0.39 is 0 Å². The Bertz CT molecular complexity index is 590. The molecule has 0 radical (unpaired) electrons. The summed E-state index contributed by atoms with van der Waals surface area (Å²) in [5, 5.41) is 3.97. The third-order valence-electron chi connectivity index (χ3n) is 2.63. The molecule has 0 aliphatic heterocycles. The standard InChI is InChI=1S/C15H16BrClN2O/c1-10(2)18-8-11-6-15(19-9-14(11)17)20-13-5-3-4-12(16)7-13/h3-7,9-10,18H,8H2,1-2H3. The van der Waals surface area contributed by atoms with Crippen LogP contribution >= 0.6 is 27.5 Å². The van der Waals surface area contributed by atoms with Gasteiger partial charge in [0.05, 0.1) is 5.02 Å². The second kappa shape index (κ2) is 7.07. The number of pyridine rings is 1. The van der Waals surface area contributed by atoms with Crippen molar-refractivity contribution < 1.29 is 4.74 Å². The van der Waals surface area contributed by atoms with Crippen molar-refractivity contribution in [2.45, 2.75) is 26.4 Å². The van der Waals surface area contributed by atoms with Crippen molar-refractivity contribution in [1.29, 1.82) is 0 Å². The maximum atomic E-state index is 6.14. The van der Waals surface area contributed by atoms with Crippen LogP contribution in [0.4, 0.5) is 0 Å². The molecule has 0 amide bonds. The largest absolute Gasteiger partial charge is 0.439 e. The molecule has 0 saturated heterocycles. The van der Waals surface area contributed by atoms with Crippen LogP contribution in [0.15, 0.2) is 41.0 Å². The zero-order valence-electron chi connectivity index (χ0n) is 11.4. The van der Waals surface area contributed by atoms with Crippen LogP contribution in [0.1, 0.15) is 19.4 Å². The summed E-state index contributed by atoms with van der Waals surface area (Å²) < 4.78 is 6.70. The molecule has 2 rings (SSSR count). The van der Waals surface area contributed by atoms with Crippen LogP contribution in [0.5, 0.6) is 11.6 Å². The van der Waals surface area contributed by atoms with Gasteiger partial charge >= 0.3 is 0 Å². The van der Waals surface area contributed by atoms with E-state index in [1.54, 1.807) is 6.20 Å². The van der Waals surface area contributed by atoms with Gasteiger partial charge in [0.1, 0.15) is 5.75 Å². The monoisotopic (exact) mass is 354 g/mol. The first-order chi connectivity index (χ1) is 9.54. The highest BCUT2D eigenvalue weighted by atomic mass is 79.9. The Morgan fingerprint density at radius 3 is 2.85 bits per heavy atom. The van der Waals surface area contributed by atoms with Crippen LogP contribution in [0.25, 0.3) is 0 Å². The van der Waals surface area contributed by atoms with Crippen LogP contribution in [-0.4, -0.2) is 11.0 Å². The number of hydrogen-bond acceptors (Lipinski definition) is 3. The van der Waals surface area contributed by atoms with E-state index in [0.29, 0.717) is 23.5 Å². The quantitative estimate of drug-likeness (QED) is 0.837. The molecule has 0 fully saturated rings. The van der Waals surface area contributed by atoms with Gasteiger partial charge in [-0.25, -0.2) is 4.98 Å². The van der Waals surface area contributed by atoms with Gasteiger partial charge in [-0.05, 0) is 23.8 Å². The lowest BCUT2D eigenvalue weighted by Gasteiger charge is -2.11. The van der Waals surface area contributed by atoms with Crippen molar-refractivity contribution in [3.63, 3.8) is 0 Å². The van der Waals surface area contributed by atoms with E-state index in [1.807, 2.05) is 30.3 Å². The molecule has 5 heteroatoms. The molecule has 0 spiro atoms. The van der Waals surface area contributed by atoms with Gasteiger partial charge in [0, 0.05) is 29.3 Å². The van der Waals surface area contributed by atoms with E-state index in [4.69, 9.17) is 16.3 Å². The Morgan fingerprint density at radius 1 is 1.35 bits per heavy atom. The predicted octanol–water partition coefficient (Wildman–Crippen LogP) is 4.79. The third-order valence-corrected chi connectivity index (χ3v) is 3.46. The highest BCUT2D eigenvalue weighted by molar-refractivity contribution is 9.10. The summed E-state index contributed by atoms with van der Waals surface area (Å²) in [5.41, 5.74) is 0.973. The molecule has 1 N–H and O–H groups in total. The Kier molecular flexibility index (Phi) is 5.40. The van der Waals surface area contributed by atoms with Gasteiger partial charge in [-0.15, -0.1) is 0 Å². The number of aromatic nitrogens is 1. The van der Waals surface area contributed by atoms with Gasteiger partial charge in [-0.3, -0.25) is 0 Å². The molecule has 0 aliphatic rings. The van der Waals surface area contributed by atoms with Gasteiger partial charge in [-0.1, -0.05) is 47.4 Å². The number of nitrogens with zero attached hydrogens (tertiary/aromatic N) is 1. The maximum Gasteiger partial charge on any atom is 0.219 e. The Labute approximate surface area is 132 Å². The molecule has 1 heterocycles. The SMILES string of the molecule is CC(C)NCc1cc(Oc2cccc(Br)c2)ncc1Cl. The Morgan fingerprint density at radius 2 is 2.15 bits per heavy atom. The molecule has 0 atom stereocenters. The fraction of sp³-hybridized carbons (Fsp3) is 0.267. The van der Waals surface area contributed by atoms with Crippen LogP contribution in [-0.2, 0) is 6.54 Å². The zero-order chi connectivity index (χ0) is 14.5. The molecular weight excluding hydrogens is 340 g/mol. The summed E-state index contributed by atoms with van der Waals surface area (Å²) in [6.07, 6.45) is 1.62. The normalized spacial score (nSPS) is 10.8. The molecule has 0 saturated carbocycles. The molecule has 20 heavy (non-hydrogen) atoms. The van der Waals surface area contributed by atoms with E-state index in [1.165, 1.54) is 0 Å². The first kappa shape index (κ1) is 15.3. The minimum absolute atomic E-state index is 0.397.